The summed E-state index contributed by atoms with van der Waals surface area (Å²) in [5.74, 6) is 0. The van der Waals surface area contributed by atoms with Crippen LogP contribution in [0.4, 0.5) is 13.2 Å². The third kappa shape index (κ3) is 4.45. The normalized spacial score (nSPS) is 12.8. The molecule has 0 aliphatic rings. The maximum absolute atomic E-state index is 13.1. The van der Waals surface area contributed by atoms with Crippen LogP contribution in [0.3, 0.4) is 0 Å². The van der Waals surface area contributed by atoms with E-state index in [1.807, 2.05) is 4.98 Å². The number of H-pyrrole nitrogens is 1. The zero-order chi connectivity index (χ0) is 21.5. The van der Waals surface area contributed by atoms with Gasteiger partial charge in [0.2, 0.25) is 0 Å². The lowest BCUT2D eigenvalue weighted by atomic mass is 10.0. The highest BCUT2D eigenvalue weighted by atomic mass is 35.5. The fourth-order valence-corrected chi connectivity index (χ4v) is 3.96. The van der Waals surface area contributed by atoms with E-state index in [1.165, 1.54) is 18.2 Å². The Hall–Kier alpha value is -2.00. The van der Waals surface area contributed by atoms with Gasteiger partial charge in [-0.1, -0.05) is 40.9 Å². The number of hydrogen-bond acceptors (Lipinski definition) is 3. The molecule has 3 aromatic rings. The smallest absolute Gasteiger partial charge is 0.271 e. The van der Waals surface area contributed by atoms with Crippen molar-refractivity contribution in [3.63, 3.8) is 0 Å². The summed E-state index contributed by atoms with van der Waals surface area (Å²) in [4.78, 5) is 25.0. The number of aromatic nitrogens is 3. The van der Waals surface area contributed by atoms with Gasteiger partial charge in [0, 0.05) is 15.6 Å². The molecule has 152 valence electrons. The summed E-state index contributed by atoms with van der Waals surface area (Å²) >= 11 is 24.5. The molecule has 1 unspecified atom stereocenters. The van der Waals surface area contributed by atoms with Gasteiger partial charge in [0.25, 0.3) is 5.56 Å². The third-order valence-corrected chi connectivity index (χ3v) is 5.29. The summed E-state index contributed by atoms with van der Waals surface area (Å²) in [6.45, 7) is 0. The first kappa shape index (κ1) is 21.7. The number of nitrogens with one attached hydrogen (secondary N) is 1. The van der Waals surface area contributed by atoms with E-state index in [9.17, 15) is 22.8 Å². The van der Waals surface area contributed by atoms with Crippen LogP contribution in [-0.2, 0) is 6.18 Å². The average Bonchev–Trinajstić information content (AvgIpc) is 2.60. The van der Waals surface area contributed by atoms with Crippen LogP contribution in [0.1, 0.15) is 22.1 Å². The van der Waals surface area contributed by atoms with Crippen LogP contribution in [0.5, 0.6) is 0 Å². The Kier molecular flexibility index (Phi) is 6.01. The van der Waals surface area contributed by atoms with Gasteiger partial charge >= 0.3 is 11.9 Å². The number of hydrogen-bond donors (Lipinski definition) is 1. The number of aromatic amines is 1. The van der Waals surface area contributed by atoms with Crippen molar-refractivity contribution in [3.05, 3.63) is 89.1 Å². The lowest BCUT2D eigenvalue weighted by Crippen LogP contribution is -2.30. The van der Waals surface area contributed by atoms with Gasteiger partial charge < -0.3 is 0 Å². The second-order valence-corrected chi connectivity index (χ2v) is 7.43. The fraction of sp³-hybridized carbons (Fsp3) is 0.118. The molecular weight excluding hydrogens is 477 g/mol. The van der Waals surface area contributed by atoms with Gasteiger partial charge in [0.1, 0.15) is 6.20 Å². The summed E-state index contributed by atoms with van der Waals surface area (Å²) in [5.41, 5.74) is -2.24. The summed E-state index contributed by atoms with van der Waals surface area (Å²) in [6, 6.07) is 5.81. The largest absolute Gasteiger partial charge is 0.417 e. The molecule has 29 heavy (non-hydrogen) atoms. The van der Waals surface area contributed by atoms with E-state index in [2.05, 4.69) is 5.10 Å². The summed E-state index contributed by atoms with van der Waals surface area (Å²) in [6.07, 6.45) is -3.79. The summed E-state index contributed by atoms with van der Waals surface area (Å²) in [7, 11) is 0. The van der Waals surface area contributed by atoms with Crippen LogP contribution in [0.2, 0.25) is 15.1 Å². The molecular formula is C17H8Cl4F3N3O2. The molecule has 1 heterocycles. The van der Waals surface area contributed by atoms with E-state index in [-0.39, 0.29) is 26.9 Å². The van der Waals surface area contributed by atoms with Gasteiger partial charge in [-0.25, -0.2) is 4.79 Å². The predicted molar refractivity (Wildman–Crippen MR) is 105 cm³/mol. The first-order valence-corrected chi connectivity index (χ1v) is 9.24. The van der Waals surface area contributed by atoms with Crippen LogP contribution >= 0.6 is 46.4 Å². The summed E-state index contributed by atoms with van der Waals surface area (Å²) < 4.78 is 40.2. The monoisotopic (exact) mass is 483 g/mol. The van der Waals surface area contributed by atoms with Crippen LogP contribution in [0.15, 0.2) is 46.1 Å². The predicted octanol–water partition coefficient (Wildman–Crippen LogP) is 5.23. The highest BCUT2D eigenvalue weighted by Crippen LogP contribution is 2.42. The molecule has 1 aromatic heterocycles. The third-order valence-electron chi connectivity index (χ3n) is 3.86. The Morgan fingerprint density at radius 3 is 2.17 bits per heavy atom. The highest BCUT2D eigenvalue weighted by molar-refractivity contribution is 6.38. The molecule has 12 heteroatoms. The van der Waals surface area contributed by atoms with Crippen molar-refractivity contribution in [2.45, 2.75) is 11.6 Å². The van der Waals surface area contributed by atoms with Crippen molar-refractivity contribution in [2.75, 3.05) is 0 Å². The van der Waals surface area contributed by atoms with E-state index >= 15 is 0 Å². The lowest BCUT2D eigenvalue weighted by Gasteiger charge is -2.18. The first-order chi connectivity index (χ1) is 13.5. The van der Waals surface area contributed by atoms with Crippen molar-refractivity contribution >= 4 is 46.4 Å². The van der Waals surface area contributed by atoms with E-state index in [0.29, 0.717) is 0 Å². The molecule has 3 rings (SSSR count). The SMILES string of the molecule is O=c1cnn(-c2cc(Cl)c(C(Cl)c3ccc(Cl)c(C(F)(F)F)c3)c(Cl)c2)c(=O)[nH]1. The van der Waals surface area contributed by atoms with Crippen molar-refractivity contribution in [1.82, 2.24) is 14.8 Å². The Balaban J connectivity index is 2.08. The minimum absolute atomic E-state index is 0.0177. The van der Waals surface area contributed by atoms with E-state index < -0.39 is 33.4 Å². The van der Waals surface area contributed by atoms with Crippen molar-refractivity contribution in [1.29, 1.82) is 0 Å². The molecule has 0 spiro atoms. The standard InChI is InChI=1S/C17H8Cl4F3N3O2/c18-10-2-1-7(3-9(10)17(22,23)24)15(21)14-11(19)4-8(5-12(14)20)27-16(29)26-13(28)6-25-27/h1-6,15H,(H,26,28,29). The second kappa shape index (κ2) is 8.02. The molecule has 0 saturated heterocycles. The van der Waals surface area contributed by atoms with Gasteiger partial charge in [-0.2, -0.15) is 23.0 Å². The Morgan fingerprint density at radius 1 is 1.00 bits per heavy atom. The Labute approximate surface area is 180 Å². The molecule has 0 saturated carbocycles. The topological polar surface area (TPSA) is 67.8 Å². The number of rotatable bonds is 3. The number of nitrogens with zero attached hydrogens (tertiary/aromatic N) is 2. The van der Waals surface area contributed by atoms with Crippen LogP contribution in [0.25, 0.3) is 5.69 Å². The molecule has 0 aliphatic heterocycles. The van der Waals surface area contributed by atoms with E-state index in [0.717, 1.165) is 23.0 Å². The number of alkyl halides is 4. The van der Waals surface area contributed by atoms with E-state index in [1.54, 1.807) is 0 Å². The minimum Gasteiger partial charge on any atom is -0.271 e. The quantitative estimate of drug-likeness (QED) is 0.517. The average molecular weight is 485 g/mol. The second-order valence-electron chi connectivity index (χ2n) is 5.77. The van der Waals surface area contributed by atoms with E-state index in [4.69, 9.17) is 46.4 Å². The molecule has 1 N–H and O–H groups in total. The van der Waals surface area contributed by atoms with Crippen LogP contribution in [0, 0.1) is 0 Å². The first-order valence-electron chi connectivity index (χ1n) is 7.67. The Bertz CT molecular complexity index is 1180. The van der Waals surface area contributed by atoms with Gasteiger partial charge in [-0.15, -0.1) is 11.6 Å². The maximum atomic E-state index is 13.1. The zero-order valence-electron chi connectivity index (χ0n) is 13.9. The van der Waals surface area contributed by atoms with Gasteiger partial charge in [-0.3, -0.25) is 9.78 Å². The van der Waals surface area contributed by atoms with Crippen molar-refractivity contribution < 1.29 is 13.2 Å². The highest BCUT2D eigenvalue weighted by Gasteiger charge is 2.34. The van der Waals surface area contributed by atoms with Gasteiger partial charge in [-0.05, 0) is 29.8 Å². The molecule has 0 bridgehead atoms. The van der Waals surface area contributed by atoms with Crippen molar-refractivity contribution in [2.24, 2.45) is 0 Å². The number of halogens is 7. The summed E-state index contributed by atoms with van der Waals surface area (Å²) in [5, 5.41) is 2.04. The van der Waals surface area contributed by atoms with Gasteiger partial charge in [0.15, 0.2) is 0 Å². The van der Waals surface area contributed by atoms with Gasteiger partial charge in [0.05, 0.1) is 21.7 Å². The molecule has 0 radical (unpaired) electrons. The zero-order valence-corrected chi connectivity index (χ0v) is 16.9. The number of benzene rings is 2. The molecule has 0 amide bonds. The lowest BCUT2D eigenvalue weighted by molar-refractivity contribution is -0.137. The van der Waals surface area contributed by atoms with Crippen LogP contribution < -0.4 is 11.2 Å². The minimum atomic E-state index is -4.67. The molecule has 0 aliphatic carbocycles. The van der Waals surface area contributed by atoms with Crippen molar-refractivity contribution in [3.8, 4) is 5.69 Å². The maximum Gasteiger partial charge on any atom is 0.417 e. The Morgan fingerprint density at radius 2 is 1.62 bits per heavy atom. The van der Waals surface area contributed by atoms with Crippen LogP contribution in [-0.4, -0.2) is 14.8 Å². The molecule has 0 fully saturated rings. The molecule has 2 aromatic carbocycles. The molecule has 1 atom stereocenters. The fourth-order valence-electron chi connectivity index (χ4n) is 2.56. The molecule has 5 nitrogen and oxygen atoms in total.